The van der Waals surface area contributed by atoms with Crippen LogP contribution in [0.4, 0.5) is 0 Å². The van der Waals surface area contributed by atoms with E-state index in [4.69, 9.17) is 4.74 Å². The van der Waals surface area contributed by atoms with Gasteiger partial charge in [0.25, 0.3) is 0 Å². The molecule has 2 aromatic rings. The van der Waals surface area contributed by atoms with Crippen LogP contribution in [0.25, 0.3) is 10.9 Å². The molecule has 0 amide bonds. The van der Waals surface area contributed by atoms with E-state index in [2.05, 4.69) is 29.0 Å². The molecule has 1 unspecified atom stereocenters. The molecule has 160 valence electrons. The predicted octanol–water partition coefficient (Wildman–Crippen LogP) is 4.43. The maximum atomic E-state index is 11.9. The molecular formula is C24H37N3O2. The summed E-state index contributed by atoms with van der Waals surface area (Å²) in [5.74, 6) is 0.788. The molecule has 1 aliphatic heterocycles. The number of hydrogen-bond acceptors (Lipinski definition) is 5. The first-order chi connectivity index (χ1) is 14.1. The van der Waals surface area contributed by atoms with E-state index in [0.717, 1.165) is 48.3 Å². The van der Waals surface area contributed by atoms with Crippen molar-refractivity contribution in [1.29, 1.82) is 0 Å². The van der Waals surface area contributed by atoms with Crippen LogP contribution in [0.3, 0.4) is 0 Å². The standard InChI is InChI=1S/C24H37N3O2/c1-4-6-7-8-9-14-25-19-13-16-27(5-2)24(28,18-19)22-12-15-26-23-11-10-20(29-3)17-21(22)23/h10-12,15,17,19,25,28H,4-9,13-14,16,18H2,1-3H3/t19?,24-/m1/s1. The lowest BCUT2D eigenvalue weighted by molar-refractivity contribution is -0.144. The van der Waals surface area contributed by atoms with E-state index >= 15 is 0 Å². The SMILES string of the molecule is CCCCCCCNC1CCN(CC)[C@](O)(c2ccnc3ccc(OC)cc23)C1. The fraction of sp³-hybridized carbons (Fsp3) is 0.625. The highest BCUT2D eigenvalue weighted by molar-refractivity contribution is 5.84. The monoisotopic (exact) mass is 399 g/mol. The molecule has 0 bridgehead atoms. The fourth-order valence-corrected chi connectivity index (χ4v) is 4.58. The molecule has 0 saturated carbocycles. The van der Waals surface area contributed by atoms with Gasteiger partial charge in [-0.25, -0.2) is 0 Å². The van der Waals surface area contributed by atoms with E-state index in [9.17, 15) is 5.11 Å². The molecule has 1 aliphatic rings. The predicted molar refractivity (Wildman–Crippen MR) is 119 cm³/mol. The van der Waals surface area contributed by atoms with Crippen LogP contribution < -0.4 is 10.1 Å². The number of likely N-dealkylation sites (tertiary alicyclic amines) is 1. The number of benzene rings is 1. The van der Waals surface area contributed by atoms with Gasteiger partial charge in [0.05, 0.1) is 12.6 Å². The molecule has 2 N–H and O–H groups in total. The number of piperidine rings is 1. The summed E-state index contributed by atoms with van der Waals surface area (Å²) >= 11 is 0. The van der Waals surface area contributed by atoms with Crippen molar-refractivity contribution < 1.29 is 9.84 Å². The molecule has 1 saturated heterocycles. The van der Waals surface area contributed by atoms with E-state index in [1.807, 2.05) is 24.3 Å². The Bertz CT molecular complexity index is 782. The minimum atomic E-state index is -1.000. The first-order valence-electron chi connectivity index (χ1n) is 11.3. The Morgan fingerprint density at radius 1 is 1.21 bits per heavy atom. The van der Waals surface area contributed by atoms with Gasteiger partial charge in [0.15, 0.2) is 0 Å². The van der Waals surface area contributed by atoms with Crippen molar-refractivity contribution in [2.45, 2.75) is 70.6 Å². The average Bonchev–Trinajstić information content (AvgIpc) is 2.75. The Morgan fingerprint density at radius 2 is 2.03 bits per heavy atom. The molecule has 1 fully saturated rings. The summed E-state index contributed by atoms with van der Waals surface area (Å²) in [6.45, 7) is 7.10. The highest BCUT2D eigenvalue weighted by Gasteiger charge is 2.42. The number of pyridine rings is 1. The summed E-state index contributed by atoms with van der Waals surface area (Å²) in [6.07, 6.45) is 9.98. The second kappa shape index (κ2) is 10.4. The van der Waals surface area contributed by atoms with Crippen LogP contribution in [-0.4, -0.2) is 47.8 Å². The van der Waals surface area contributed by atoms with Gasteiger partial charge in [-0.2, -0.15) is 0 Å². The van der Waals surface area contributed by atoms with E-state index in [1.54, 1.807) is 13.3 Å². The normalized spacial score (nSPS) is 22.8. The van der Waals surface area contributed by atoms with Crippen LogP contribution in [0.2, 0.25) is 0 Å². The first-order valence-corrected chi connectivity index (χ1v) is 11.3. The zero-order valence-corrected chi connectivity index (χ0v) is 18.3. The van der Waals surface area contributed by atoms with Crippen molar-refractivity contribution in [3.05, 3.63) is 36.0 Å². The van der Waals surface area contributed by atoms with Gasteiger partial charge in [-0.1, -0.05) is 39.5 Å². The van der Waals surface area contributed by atoms with Crippen LogP contribution in [0.15, 0.2) is 30.5 Å². The van der Waals surface area contributed by atoms with Crippen LogP contribution in [0, 0.1) is 0 Å². The number of nitrogens with one attached hydrogen (secondary N) is 1. The zero-order valence-electron chi connectivity index (χ0n) is 18.3. The Hall–Kier alpha value is -1.69. The summed E-state index contributed by atoms with van der Waals surface area (Å²) in [5, 5.41) is 16.6. The number of hydrogen-bond donors (Lipinski definition) is 2. The molecule has 3 rings (SSSR count). The largest absolute Gasteiger partial charge is 0.497 e. The Morgan fingerprint density at radius 3 is 2.79 bits per heavy atom. The maximum Gasteiger partial charge on any atom is 0.146 e. The van der Waals surface area contributed by atoms with Crippen molar-refractivity contribution in [3.63, 3.8) is 0 Å². The molecule has 0 radical (unpaired) electrons. The van der Waals surface area contributed by atoms with Gasteiger partial charge in [-0.15, -0.1) is 0 Å². The zero-order chi connectivity index (χ0) is 20.7. The van der Waals surface area contributed by atoms with Gasteiger partial charge >= 0.3 is 0 Å². The maximum absolute atomic E-state index is 11.9. The number of ether oxygens (including phenoxy) is 1. The van der Waals surface area contributed by atoms with Gasteiger partial charge < -0.3 is 15.2 Å². The highest BCUT2D eigenvalue weighted by Crippen LogP contribution is 2.39. The number of aliphatic hydroxyl groups is 1. The van der Waals surface area contributed by atoms with E-state index in [-0.39, 0.29) is 0 Å². The molecule has 0 aliphatic carbocycles. The lowest BCUT2D eigenvalue weighted by Crippen LogP contribution is -2.55. The molecule has 1 aromatic heterocycles. The molecule has 29 heavy (non-hydrogen) atoms. The molecule has 1 aromatic carbocycles. The number of methoxy groups -OCH3 is 1. The number of unbranched alkanes of at least 4 members (excludes halogenated alkanes) is 4. The lowest BCUT2D eigenvalue weighted by atomic mass is 9.86. The second-order valence-electron chi connectivity index (χ2n) is 8.20. The highest BCUT2D eigenvalue weighted by atomic mass is 16.5. The third-order valence-electron chi connectivity index (χ3n) is 6.28. The second-order valence-corrected chi connectivity index (χ2v) is 8.20. The van der Waals surface area contributed by atoms with E-state index < -0.39 is 5.72 Å². The summed E-state index contributed by atoms with van der Waals surface area (Å²) in [6, 6.07) is 8.17. The molecule has 5 heteroatoms. The lowest BCUT2D eigenvalue weighted by Gasteiger charge is -2.46. The minimum absolute atomic E-state index is 0.322. The minimum Gasteiger partial charge on any atom is -0.497 e. The van der Waals surface area contributed by atoms with E-state index in [1.165, 1.54) is 32.1 Å². The smallest absolute Gasteiger partial charge is 0.146 e. The Balaban J connectivity index is 1.79. The van der Waals surface area contributed by atoms with Crippen LogP contribution >= 0.6 is 0 Å². The summed E-state index contributed by atoms with van der Waals surface area (Å²) in [5.41, 5.74) is 0.817. The number of fused-ring (bicyclic) bond motifs is 1. The third kappa shape index (κ3) is 5.08. The average molecular weight is 400 g/mol. The van der Waals surface area contributed by atoms with Gasteiger partial charge in [-0.05, 0) is 50.2 Å². The van der Waals surface area contributed by atoms with Gasteiger partial charge in [0.1, 0.15) is 11.5 Å². The van der Waals surface area contributed by atoms with Gasteiger partial charge in [-0.3, -0.25) is 9.88 Å². The molecule has 0 spiro atoms. The van der Waals surface area contributed by atoms with Gasteiger partial charge in [0.2, 0.25) is 0 Å². The van der Waals surface area contributed by atoms with Crippen molar-refractivity contribution in [2.75, 3.05) is 26.7 Å². The molecular weight excluding hydrogens is 362 g/mol. The number of aromatic nitrogens is 1. The first kappa shape index (κ1) is 22.0. The van der Waals surface area contributed by atoms with Crippen molar-refractivity contribution in [2.24, 2.45) is 0 Å². The summed E-state index contributed by atoms with van der Waals surface area (Å²) in [7, 11) is 1.67. The van der Waals surface area contributed by atoms with Crippen LogP contribution in [0.5, 0.6) is 5.75 Å². The summed E-state index contributed by atoms with van der Waals surface area (Å²) < 4.78 is 5.43. The van der Waals surface area contributed by atoms with E-state index in [0.29, 0.717) is 12.5 Å². The van der Waals surface area contributed by atoms with Crippen LogP contribution in [-0.2, 0) is 5.72 Å². The Labute approximate surface area is 175 Å². The number of rotatable bonds is 10. The fourth-order valence-electron chi connectivity index (χ4n) is 4.58. The molecule has 5 nitrogen and oxygen atoms in total. The molecule has 2 atom stereocenters. The van der Waals surface area contributed by atoms with Gasteiger partial charge in [0, 0.05) is 36.2 Å². The van der Waals surface area contributed by atoms with Crippen molar-refractivity contribution >= 4 is 10.9 Å². The topological polar surface area (TPSA) is 57.6 Å². The van der Waals surface area contributed by atoms with Crippen molar-refractivity contribution in [3.8, 4) is 5.75 Å². The van der Waals surface area contributed by atoms with Crippen molar-refractivity contribution in [1.82, 2.24) is 15.2 Å². The summed E-state index contributed by atoms with van der Waals surface area (Å²) in [4.78, 5) is 6.69. The Kier molecular flexibility index (Phi) is 7.87. The molecule has 2 heterocycles. The quantitative estimate of drug-likeness (QED) is 0.579. The van der Waals surface area contributed by atoms with Crippen LogP contribution in [0.1, 0.15) is 64.4 Å². The third-order valence-corrected chi connectivity index (χ3v) is 6.28. The number of nitrogens with zero attached hydrogens (tertiary/aromatic N) is 2.